The number of hydrogen-bond acceptors (Lipinski definition) is 16. The van der Waals surface area contributed by atoms with Crippen molar-refractivity contribution in [3.63, 3.8) is 0 Å². The van der Waals surface area contributed by atoms with Gasteiger partial charge in [0.15, 0.2) is 12.2 Å². The van der Waals surface area contributed by atoms with Gasteiger partial charge in [-0.05, 0) is 111 Å². The van der Waals surface area contributed by atoms with Gasteiger partial charge in [-0.3, -0.25) is 14.4 Å². The normalized spacial score (nSPS) is 35.5. The lowest BCUT2D eigenvalue weighted by Crippen LogP contribution is -2.62. The Balaban J connectivity index is 1.37. The van der Waals surface area contributed by atoms with E-state index < -0.39 is 91.5 Å². The summed E-state index contributed by atoms with van der Waals surface area (Å²) in [7, 11) is 0. The predicted octanol–water partition coefficient (Wildman–Crippen LogP) is -3.92. The molecule has 0 aromatic carbocycles. The van der Waals surface area contributed by atoms with Crippen molar-refractivity contribution in [1.82, 2.24) is 15.5 Å². The van der Waals surface area contributed by atoms with Crippen LogP contribution in [-0.4, -0.2) is 196 Å². The minimum Gasteiger partial charge on any atom is -0.394 e. The van der Waals surface area contributed by atoms with E-state index in [1.54, 1.807) is 0 Å². The molecule has 0 aromatic heterocycles. The summed E-state index contributed by atoms with van der Waals surface area (Å²) < 4.78 is 0. The molecule has 4 fully saturated rings. The molecule has 0 radical (unpaired) electrons. The molecule has 3 amide bonds. The number of carbonyl (C=O) groups excluding carboxylic acids is 3. The molecular formula is C42H75N3O16. The lowest BCUT2D eigenvalue weighted by molar-refractivity contribution is -0.207. The molecule has 354 valence electrons. The molecule has 0 unspecified atom stereocenters. The van der Waals surface area contributed by atoms with E-state index in [0.29, 0.717) is 25.7 Å². The number of hydrogen-bond donors (Lipinski definition) is 15. The third-order valence-electron chi connectivity index (χ3n) is 15.5. The van der Waals surface area contributed by atoms with Gasteiger partial charge in [0.2, 0.25) is 5.91 Å². The maximum absolute atomic E-state index is 13.9. The molecule has 0 saturated heterocycles. The van der Waals surface area contributed by atoms with Gasteiger partial charge in [-0.1, -0.05) is 20.8 Å². The highest BCUT2D eigenvalue weighted by molar-refractivity contribution is 5.81. The number of fused-ring (bicyclic) bond motifs is 5. The van der Waals surface area contributed by atoms with E-state index >= 15 is 0 Å². The van der Waals surface area contributed by atoms with E-state index in [9.17, 15) is 70.6 Å². The minimum absolute atomic E-state index is 0.0275. The Labute approximate surface area is 357 Å². The number of carbonyl (C=O) groups is 3. The van der Waals surface area contributed by atoms with Crippen LogP contribution in [0.5, 0.6) is 0 Å². The Morgan fingerprint density at radius 3 is 1.74 bits per heavy atom. The fourth-order valence-electron chi connectivity index (χ4n) is 11.7. The highest BCUT2D eigenvalue weighted by Crippen LogP contribution is 2.68. The van der Waals surface area contributed by atoms with Crippen LogP contribution in [0.25, 0.3) is 0 Å². The molecule has 0 bridgehead atoms. The summed E-state index contributed by atoms with van der Waals surface area (Å²) in [6, 6.07) is 0. The summed E-state index contributed by atoms with van der Waals surface area (Å²) in [6.45, 7) is 4.76. The molecule has 19 nitrogen and oxygen atoms in total. The summed E-state index contributed by atoms with van der Waals surface area (Å²) in [5, 5.41) is 136. The monoisotopic (exact) mass is 878 g/mol. The van der Waals surface area contributed by atoms with Gasteiger partial charge in [-0.2, -0.15) is 0 Å². The van der Waals surface area contributed by atoms with Gasteiger partial charge in [0.05, 0.1) is 31.5 Å². The molecule has 4 aliphatic rings. The number of aliphatic hydroxyl groups excluding tert-OH is 13. The minimum atomic E-state index is -2.13. The van der Waals surface area contributed by atoms with E-state index in [0.717, 1.165) is 25.7 Å². The first-order valence-electron chi connectivity index (χ1n) is 22.2. The Morgan fingerprint density at radius 2 is 1.23 bits per heavy atom. The van der Waals surface area contributed by atoms with Crippen molar-refractivity contribution in [2.75, 3.05) is 39.4 Å². The van der Waals surface area contributed by atoms with Gasteiger partial charge < -0.3 is 81.9 Å². The molecule has 19 atom stereocenters. The van der Waals surface area contributed by atoms with Crippen molar-refractivity contribution in [2.24, 2.45) is 46.3 Å². The first kappa shape index (κ1) is 51.5. The van der Waals surface area contributed by atoms with Gasteiger partial charge in [-0.25, -0.2) is 0 Å². The zero-order valence-electron chi connectivity index (χ0n) is 35.8. The largest absolute Gasteiger partial charge is 0.394 e. The van der Waals surface area contributed by atoms with Crippen molar-refractivity contribution in [3.05, 3.63) is 0 Å². The zero-order chi connectivity index (χ0) is 45.6. The van der Waals surface area contributed by atoms with Gasteiger partial charge in [-0.15, -0.1) is 0 Å². The molecular weight excluding hydrogens is 802 g/mol. The fraction of sp³-hybridized carbons (Fsp3) is 0.929. The van der Waals surface area contributed by atoms with Crippen LogP contribution in [0.3, 0.4) is 0 Å². The maximum atomic E-state index is 13.9. The zero-order valence-corrected chi connectivity index (χ0v) is 35.8. The Kier molecular flexibility index (Phi) is 18.7. The average molecular weight is 878 g/mol. The maximum Gasteiger partial charge on any atom is 0.251 e. The Morgan fingerprint density at radius 1 is 0.705 bits per heavy atom. The van der Waals surface area contributed by atoms with Gasteiger partial charge in [0, 0.05) is 32.6 Å². The third-order valence-corrected chi connectivity index (χ3v) is 15.5. The lowest BCUT2D eigenvalue weighted by Gasteiger charge is -2.63. The molecule has 4 saturated carbocycles. The highest BCUT2D eigenvalue weighted by atomic mass is 16.4. The van der Waals surface area contributed by atoms with E-state index in [2.05, 4.69) is 31.4 Å². The standard InChI is InChI=1S/C42H75N3O16/c1-21(24-7-8-25-32-26(18-30(52)42(24,25)3)41(2)11-10-23(48)16-22(41)17-27(32)49)6-9-31(53)45(14-4-12-43-39(60)37(58)35(56)33(54)28(50)19-46)15-5-13-44-40(61)38(59)36(57)34(55)29(51)20-47/h21-30,32-38,46-52,54-59H,4-20H2,1-3H3,(H,43,60)(H,44,61)/t21-,22+,23-,24-,25-,26+,27-,28-,29-,30+,32+,33-,34-,35+,36+,37-,38-,41+,42-/m1/s1. The van der Waals surface area contributed by atoms with E-state index in [1.165, 1.54) is 4.90 Å². The number of rotatable bonds is 22. The number of amides is 3. The number of nitrogens with zero attached hydrogens (tertiary/aromatic N) is 1. The first-order chi connectivity index (χ1) is 28.6. The summed E-state index contributed by atoms with van der Waals surface area (Å²) in [4.78, 5) is 40.3. The van der Waals surface area contributed by atoms with Crippen molar-refractivity contribution in [1.29, 1.82) is 0 Å². The molecule has 15 N–H and O–H groups in total. The second-order valence-electron chi connectivity index (χ2n) is 19.1. The molecule has 0 spiro atoms. The summed E-state index contributed by atoms with van der Waals surface area (Å²) in [5.74, 6) is -1.73. The van der Waals surface area contributed by atoms with Crippen LogP contribution in [0.15, 0.2) is 0 Å². The quantitative estimate of drug-likeness (QED) is 0.0462. The Bertz CT molecular complexity index is 1380. The summed E-state index contributed by atoms with van der Waals surface area (Å²) >= 11 is 0. The Hall–Kier alpha value is -2.11. The summed E-state index contributed by atoms with van der Waals surface area (Å²) in [6.07, 6.45) is -11.3. The van der Waals surface area contributed by atoms with Gasteiger partial charge in [0.25, 0.3) is 11.8 Å². The second-order valence-corrected chi connectivity index (χ2v) is 19.1. The molecule has 0 heterocycles. The van der Waals surface area contributed by atoms with E-state index in [4.69, 9.17) is 10.2 Å². The second kappa shape index (κ2) is 22.2. The molecule has 4 rings (SSSR count). The third kappa shape index (κ3) is 11.4. The van der Waals surface area contributed by atoms with Crippen molar-refractivity contribution in [2.45, 2.75) is 159 Å². The van der Waals surface area contributed by atoms with Crippen molar-refractivity contribution in [3.8, 4) is 0 Å². The van der Waals surface area contributed by atoms with Crippen LogP contribution in [0, 0.1) is 46.3 Å². The SMILES string of the molecule is C[C@H](CCC(=O)N(CCCNC(=O)[C@H](O)[C@@H](O)[C@H](O)[C@H](O)CO)CCCNC(=O)[C@H](O)[C@@H](O)[C@H](O)[C@H](O)CO)[C@H]1CC[C@@H]2[C@@H]3[C@H](O)C[C@@H]4C[C@H](O)CC[C@]4(C)[C@H]3C[C@H](O)[C@@]21C. The summed E-state index contributed by atoms with van der Waals surface area (Å²) in [5.41, 5.74) is -0.524. The van der Waals surface area contributed by atoms with Crippen LogP contribution in [0.2, 0.25) is 0 Å². The predicted molar refractivity (Wildman–Crippen MR) is 216 cm³/mol. The van der Waals surface area contributed by atoms with E-state index in [1.807, 2.05) is 0 Å². The average Bonchev–Trinajstić information content (AvgIpc) is 3.61. The lowest BCUT2D eigenvalue weighted by atomic mass is 9.43. The van der Waals surface area contributed by atoms with Crippen molar-refractivity contribution >= 4 is 17.7 Å². The van der Waals surface area contributed by atoms with Gasteiger partial charge >= 0.3 is 0 Å². The first-order valence-corrected chi connectivity index (χ1v) is 22.2. The van der Waals surface area contributed by atoms with Crippen molar-refractivity contribution < 1.29 is 80.8 Å². The molecule has 61 heavy (non-hydrogen) atoms. The van der Waals surface area contributed by atoms with Gasteiger partial charge in [0.1, 0.15) is 36.6 Å². The highest BCUT2D eigenvalue weighted by Gasteiger charge is 2.65. The topological polar surface area (TPSA) is 342 Å². The van der Waals surface area contributed by atoms with Crippen LogP contribution in [0.4, 0.5) is 0 Å². The number of aliphatic hydroxyl groups is 13. The fourth-order valence-corrected chi connectivity index (χ4v) is 11.7. The number of nitrogens with one attached hydrogen (secondary N) is 2. The molecule has 0 aromatic rings. The van der Waals surface area contributed by atoms with Crippen LogP contribution in [0.1, 0.15) is 91.4 Å². The van der Waals surface area contributed by atoms with Crippen LogP contribution in [-0.2, 0) is 14.4 Å². The van der Waals surface area contributed by atoms with Crippen LogP contribution >= 0.6 is 0 Å². The molecule has 0 aliphatic heterocycles. The van der Waals surface area contributed by atoms with Crippen LogP contribution < -0.4 is 10.6 Å². The van der Waals surface area contributed by atoms with E-state index in [-0.39, 0.29) is 98.4 Å². The smallest absolute Gasteiger partial charge is 0.251 e. The molecule has 19 heteroatoms. The molecule has 4 aliphatic carbocycles.